The third kappa shape index (κ3) is 16.7. The lowest BCUT2D eigenvalue weighted by molar-refractivity contribution is -0.145. The minimum Gasteiger partial charge on any atom is -0.461 e. The van der Waals surface area contributed by atoms with Gasteiger partial charge in [0.2, 0.25) is 0 Å². The zero-order valence-electron chi connectivity index (χ0n) is 15.5. The highest BCUT2D eigenvalue weighted by atomic mass is 16.5. The summed E-state index contributed by atoms with van der Waals surface area (Å²) in [6, 6.07) is 9.79. The van der Waals surface area contributed by atoms with Crippen LogP contribution in [0.15, 0.2) is 30.3 Å². The molecule has 0 bridgehead atoms. The van der Waals surface area contributed by atoms with E-state index in [4.69, 9.17) is 10.5 Å². The summed E-state index contributed by atoms with van der Waals surface area (Å²) in [5, 5.41) is 3.35. The second kappa shape index (κ2) is 16.9. The molecule has 1 rings (SSSR count). The summed E-state index contributed by atoms with van der Waals surface area (Å²) in [5.41, 5.74) is 5.83. The van der Waals surface area contributed by atoms with Crippen molar-refractivity contribution in [2.24, 2.45) is 5.73 Å². The Hall–Kier alpha value is -1.92. The lowest BCUT2D eigenvalue weighted by Gasteiger charge is -2.05. The molecule has 0 saturated heterocycles. The van der Waals surface area contributed by atoms with Gasteiger partial charge in [-0.2, -0.15) is 0 Å². The summed E-state index contributed by atoms with van der Waals surface area (Å²) in [4.78, 5) is 21.3. The SMILES string of the molecule is CC(=O)OCN.CCCNCCCCCC(=O)OCc1ccccc1. The van der Waals surface area contributed by atoms with E-state index in [1.807, 2.05) is 30.3 Å². The lowest BCUT2D eigenvalue weighted by atomic mass is 10.2. The molecule has 6 heteroatoms. The summed E-state index contributed by atoms with van der Waals surface area (Å²) in [6.45, 7) is 5.97. The second-order valence-corrected chi connectivity index (χ2v) is 5.51. The maximum Gasteiger partial charge on any atom is 0.306 e. The van der Waals surface area contributed by atoms with E-state index in [2.05, 4.69) is 17.0 Å². The van der Waals surface area contributed by atoms with Crippen molar-refractivity contribution in [2.75, 3.05) is 19.8 Å². The van der Waals surface area contributed by atoms with Gasteiger partial charge in [-0.1, -0.05) is 43.7 Å². The number of hydrogen-bond donors (Lipinski definition) is 2. The Morgan fingerprint density at radius 1 is 1.04 bits per heavy atom. The molecule has 0 unspecified atom stereocenters. The van der Waals surface area contributed by atoms with Crippen molar-refractivity contribution in [1.29, 1.82) is 0 Å². The average Bonchev–Trinajstić information content (AvgIpc) is 2.60. The standard InChI is InChI=1S/C16H25NO2.C3H7NO2/c1-2-12-17-13-8-4-7-11-16(18)19-14-15-9-5-3-6-10-15;1-3(5)6-2-4/h3,5-6,9-10,17H,2,4,7-8,11-14H2,1H3;2,4H2,1H3. The van der Waals surface area contributed by atoms with Crippen LogP contribution in [-0.4, -0.2) is 31.8 Å². The van der Waals surface area contributed by atoms with Gasteiger partial charge in [0.25, 0.3) is 0 Å². The molecule has 0 aliphatic carbocycles. The molecule has 3 N–H and O–H groups in total. The molecule has 1 aromatic rings. The van der Waals surface area contributed by atoms with Crippen LogP contribution in [0.2, 0.25) is 0 Å². The van der Waals surface area contributed by atoms with Crippen LogP contribution in [0.25, 0.3) is 0 Å². The largest absolute Gasteiger partial charge is 0.461 e. The third-order valence-corrected chi connectivity index (χ3v) is 3.19. The molecule has 0 amide bonds. The Bertz CT molecular complexity index is 452. The molecule has 0 aliphatic heterocycles. The molecule has 0 aromatic heterocycles. The molecule has 142 valence electrons. The van der Waals surface area contributed by atoms with Crippen LogP contribution in [0.3, 0.4) is 0 Å². The van der Waals surface area contributed by atoms with E-state index in [9.17, 15) is 9.59 Å². The molecule has 0 spiro atoms. The van der Waals surface area contributed by atoms with Gasteiger partial charge in [0.05, 0.1) is 0 Å². The van der Waals surface area contributed by atoms with Crippen molar-refractivity contribution >= 4 is 11.9 Å². The third-order valence-electron chi connectivity index (χ3n) is 3.19. The predicted octanol–water partition coefficient (Wildman–Crippen LogP) is 2.76. The molecule has 25 heavy (non-hydrogen) atoms. The first-order chi connectivity index (χ1) is 12.1. The molecule has 0 fully saturated rings. The molecular formula is C19H32N2O4. The van der Waals surface area contributed by atoms with Gasteiger partial charge >= 0.3 is 11.9 Å². The fourth-order valence-electron chi connectivity index (χ4n) is 1.93. The first kappa shape index (κ1) is 23.1. The highest BCUT2D eigenvalue weighted by Gasteiger charge is 2.02. The fraction of sp³-hybridized carbons (Fsp3) is 0.579. The zero-order valence-corrected chi connectivity index (χ0v) is 15.5. The van der Waals surface area contributed by atoms with E-state index in [-0.39, 0.29) is 18.7 Å². The number of benzene rings is 1. The van der Waals surface area contributed by atoms with E-state index in [0.717, 1.165) is 37.9 Å². The summed E-state index contributed by atoms with van der Waals surface area (Å²) in [5.74, 6) is -0.428. The van der Waals surface area contributed by atoms with Crippen LogP contribution in [0.1, 0.15) is 51.5 Å². The van der Waals surface area contributed by atoms with Gasteiger partial charge in [-0.05, 0) is 37.9 Å². The monoisotopic (exact) mass is 352 g/mol. The van der Waals surface area contributed by atoms with Gasteiger partial charge < -0.3 is 14.8 Å². The number of nitrogens with one attached hydrogen (secondary N) is 1. The van der Waals surface area contributed by atoms with Gasteiger partial charge in [-0.15, -0.1) is 0 Å². The number of esters is 2. The Balaban J connectivity index is 0.000000823. The predicted molar refractivity (Wildman–Crippen MR) is 98.7 cm³/mol. The van der Waals surface area contributed by atoms with E-state index in [0.29, 0.717) is 13.0 Å². The normalized spacial score (nSPS) is 9.72. The molecular weight excluding hydrogens is 320 g/mol. The molecule has 0 heterocycles. The summed E-state index contributed by atoms with van der Waals surface area (Å²) >= 11 is 0. The number of nitrogens with two attached hydrogens (primary N) is 1. The van der Waals surface area contributed by atoms with E-state index in [1.165, 1.54) is 13.3 Å². The average molecular weight is 352 g/mol. The summed E-state index contributed by atoms with van der Waals surface area (Å²) in [7, 11) is 0. The van der Waals surface area contributed by atoms with Gasteiger partial charge in [0, 0.05) is 13.3 Å². The summed E-state index contributed by atoms with van der Waals surface area (Å²) < 4.78 is 9.40. The van der Waals surface area contributed by atoms with E-state index in [1.54, 1.807) is 0 Å². The summed E-state index contributed by atoms with van der Waals surface area (Å²) in [6.07, 6.45) is 4.83. The van der Waals surface area contributed by atoms with Crippen LogP contribution in [0.5, 0.6) is 0 Å². The number of carbonyl (C=O) groups is 2. The van der Waals surface area contributed by atoms with Crippen LogP contribution in [0, 0.1) is 0 Å². The van der Waals surface area contributed by atoms with Crippen molar-refractivity contribution in [3.8, 4) is 0 Å². The number of ether oxygens (including phenoxy) is 2. The van der Waals surface area contributed by atoms with Crippen molar-refractivity contribution in [3.63, 3.8) is 0 Å². The zero-order chi connectivity index (χ0) is 18.8. The van der Waals surface area contributed by atoms with Crippen molar-refractivity contribution in [1.82, 2.24) is 5.32 Å². The number of carbonyl (C=O) groups excluding carboxylic acids is 2. The fourth-order valence-corrected chi connectivity index (χ4v) is 1.93. The Morgan fingerprint density at radius 2 is 1.76 bits per heavy atom. The van der Waals surface area contributed by atoms with Crippen molar-refractivity contribution in [2.45, 2.75) is 52.6 Å². The first-order valence-corrected chi connectivity index (χ1v) is 8.83. The van der Waals surface area contributed by atoms with E-state index >= 15 is 0 Å². The lowest BCUT2D eigenvalue weighted by Crippen LogP contribution is -2.15. The van der Waals surface area contributed by atoms with E-state index < -0.39 is 0 Å². The van der Waals surface area contributed by atoms with Crippen LogP contribution in [0.4, 0.5) is 0 Å². The van der Waals surface area contributed by atoms with Crippen LogP contribution < -0.4 is 11.1 Å². The second-order valence-electron chi connectivity index (χ2n) is 5.51. The molecule has 0 saturated carbocycles. The minimum absolute atomic E-state index is 0.0185. The van der Waals surface area contributed by atoms with Gasteiger partial charge in [0.1, 0.15) is 13.3 Å². The van der Waals surface area contributed by atoms with Gasteiger partial charge in [-0.3, -0.25) is 15.3 Å². The van der Waals surface area contributed by atoms with Gasteiger partial charge in [0.15, 0.2) is 0 Å². The molecule has 0 atom stereocenters. The molecule has 0 aliphatic rings. The highest BCUT2D eigenvalue weighted by molar-refractivity contribution is 5.69. The number of rotatable bonds is 11. The number of hydrogen-bond acceptors (Lipinski definition) is 6. The maximum atomic E-state index is 11.5. The Morgan fingerprint density at radius 3 is 2.32 bits per heavy atom. The maximum absolute atomic E-state index is 11.5. The quantitative estimate of drug-likeness (QED) is 0.361. The van der Waals surface area contributed by atoms with Crippen molar-refractivity contribution in [3.05, 3.63) is 35.9 Å². The van der Waals surface area contributed by atoms with Crippen LogP contribution >= 0.6 is 0 Å². The first-order valence-electron chi connectivity index (χ1n) is 8.83. The van der Waals surface area contributed by atoms with Crippen molar-refractivity contribution < 1.29 is 19.1 Å². The molecule has 1 aromatic carbocycles. The minimum atomic E-state index is -0.336. The van der Waals surface area contributed by atoms with Gasteiger partial charge in [-0.25, -0.2) is 0 Å². The Labute approximate surface area is 151 Å². The highest BCUT2D eigenvalue weighted by Crippen LogP contribution is 2.04. The molecule has 6 nitrogen and oxygen atoms in total. The van der Waals surface area contributed by atoms with Crippen LogP contribution in [-0.2, 0) is 25.7 Å². The molecule has 0 radical (unpaired) electrons. The smallest absolute Gasteiger partial charge is 0.306 e. The topological polar surface area (TPSA) is 90.6 Å². The number of unbranched alkanes of at least 4 members (excludes halogenated alkanes) is 2. The Kier molecular flexibility index (Phi) is 15.6.